The summed E-state index contributed by atoms with van der Waals surface area (Å²) in [5.74, 6) is 3.03. The molecule has 8 rings (SSSR count). The van der Waals surface area contributed by atoms with Gasteiger partial charge < -0.3 is 4.42 Å². The molecule has 0 aliphatic heterocycles. The number of nitrogens with zero attached hydrogens (tertiary/aromatic N) is 3. The van der Waals surface area contributed by atoms with Crippen LogP contribution in [0.2, 0.25) is 0 Å². The van der Waals surface area contributed by atoms with Crippen molar-refractivity contribution in [1.82, 2.24) is 0 Å². The molecule has 0 radical (unpaired) electrons. The summed E-state index contributed by atoms with van der Waals surface area (Å²) in [5.41, 5.74) is 8.91. The van der Waals surface area contributed by atoms with Crippen LogP contribution in [0.15, 0.2) is 159 Å². The molecular formula is C49H43N3OS. The van der Waals surface area contributed by atoms with Crippen LogP contribution in [0.3, 0.4) is 0 Å². The molecule has 4 aromatic carbocycles. The van der Waals surface area contributed by atoms with Gasteiger partial charge >= 0.3 is 0 Å². The van der Waals surface area contributed by atoms with E-state index in [9.17, 15) is 0 Å². The van der Waals surface area contributed by atoms with Gasteiger partial charge in [-0.05, 0) is 104 Å². The third kappa shape index (κ3) is 7.87. The number of amidine groups is 2. The first kappa shape index (κ1) is 35.1. The van der Waals surface area contributed by atoms with Gasteiger partial charge in [0.05, 0.1) is 6.54 Å². The summed E-state index contributed by atoms with van der Waals surface area (Å²) in [6.07, 6.45) is 17.5. The predicted octanol–water partition coefficient (Wildman–Crippen LogP) is 13.3. The summed E-state index contributed by atoms with van der Waals surface area (Å²) >= 11 is 1.79. The van der Waals surface area contributed by atoms with Crippen molar-refractivity contribution in [2.75, 3.05) is 0 Å². The lowest BCUT2D eigenvalue weighted by Gasteiger charge is -2.11. The highest BCUT2D eigenvalue weighted by atomic mass is 32.1. The topological polar surface area (TPSA) is 50.2 Å². The molecule has 0 bridgehead atoms. The van der Waals surface area contributed by atoms with Crippen LogP contribution in [0.4, 0.5) is 0 Å². The van der Waals surface area contributed by atoms with Crippen molar-refractivity contribution in [3.8, 4) is 11.1 Å². The average Bonchev–Trinajstić information content (AvgIpc) is 3.32. The van der Waals surface area contributed by atoms with Crippen molar-refractivity contribution in [3.63, 3.8) is 0 Å². The normalized spacial score (nSPS) is 14.6. The zero-order valence-corrected chi connectivity index (χ0v) is 31.5. The first-order valence-corrected chi connectivity index (χ1v) is 19.6. The quantitative estimate of drug-likeness (QED) is 0.125. The molecule has 0 fully saturated rings. The molecule has 5 heteroatoms. The lowest BCUT2D eigenvalue weighted by Crippen LogP contribution is -2.06. The Morgan fingerprint density at radius 2 is 1.52 bits per heavy atom. The van der Waals surface area contributed by atoms with Crippen LogP contribution in [-0.2, 0) is 13.0 Å². The van der Waals surface area contributed by atoms with Gasteiger partial charge in [-0.15, -0.1) is 11.3 Å². The van der Waals surface area contributed by atoms with E-state index in [0.717, 1.165) is 82.4 Å². The Morgan fingerprint density at radius 3 is 2.44 bits per heavy atom. The van der Waals surface area contributed by atoms with Crippen LogP contribution >= 0.6 is 11.3 Å². The van der Waals surface area contributed by atoms with Crippen molar-refractivity contribution in [1.29, 1.82) is 0 Å². The van der Waals surface area contributed by atoms with E-state index in [-0.39, 0.29) is 0 Å². The summed E-state index contributed by atoms with van der Waals surface area (Å²) < 4.78 is 8.72. The van der Waals surface area contributed by atoms with Crippen LogP contribution in [-0.4, -0.2) is 18.4 Å². The van der Waals surface area contributed by atoms with Gasteiger partial charge in [0.2, 0.25) is 0 Å². The predicted molar refractivity (Wildman–Crippen MR) is 232 cm³/mol. The Bertz CT molecular complexity index is 2570. The molecule has 6 aromatic rings. The molecule has 0 saturated carbocycles. The maximum absolute atomic E-state index is 6.29. The van der Waals surface area contributed by atoms with Gasteiger partial charge in [-0.2, -0.15) is 0 Å². The number of hydrogen-bond acceptors (Lipinski definition) is 3. The van der Waals surface area contributed by atoms with Crippen molar-refractivity contribution in [3.05, 3.63) is 179 Å². The Kier molecular flexibility index (Phi) is 10.7. The molecule has 4 nitrogen and oxygen atoms in total. The fraction of sp³-hybridized carbons (Fsp3) is 0.163. The molecule has 0 unspecified atom stereocenters. The minimum absolute atomic E-state index is 0.423. The van der Waals surface area contributed by atoms with E-state index in [1.807, 2.05) is 13.0 Å². The van der Waals surface area contributed by atoms with E-state index in [2.05, 4.69) is 151 Å². The van der Waals surface area contributed by atoms with E-state index >= 15 is 0 Å². The Morgan fingerprint density at radius 1 is 0.741 bits per heavy atom. The van der Waals surface area contributed by atoms with E-state index < -0.39 is 0 Å². The second kappa shape index (κ2) is 16.4. The first-order chi connectivity index (χ1) is 26.6. The maximum Gasteiger partial charge on any atom is 0.161 e. The van der Waals surface area contributed by atoms with E-state index in [1.54, 1.807) is 11.3 Å². The van der Waals surface area contributed by atoms with Crippen LogP contribution in [0.1, 0.15) is 71.4 Å². The fourth-order valence-corrected chi connectivity index (χ4v) is 8.38. The molecule has 54 heavy (non-hydrogen) atoms. The van der Waals surface area contributed by atoms with Gasteiger partial charge in [0.1, 0.15) is 11.5 Å². The molecule has 2 aliphatic carbocycles. The highest BCUT2D eigenvalue weighted by Crippen LogP contribution is 2.36. The molecule has 0 N–H and O–H groups in total. The summed E-state index contributed by atoms with van der Waals surface area (Å²) in [6.45, 7) is 6.44. The van der Waals surface area contributed by atoms with E-state index in [1.165, 1.54) is 32.3 Å². The Hall–Kier alpha value is -5.91. The monoisotopic (exact) mass is 721 g/mol. The van der Waals surface area contributed by atoms with Crippen molar-refractivity contribution >= 4 is 61.5 Å². The molecule has 0 spiro atoms. The average molecular weight is 722 g/mol. The number of aliphatic imine (C=N–C) groups is 3. The van der Waals surface area contributed by atoms with Gasteiger partial charge in [0.15, 0.2) is 11.7 Å². The molecule has 266 valence electrons. The van der Waals surface area contributed by atoms with Crippen LogP contribution in [0, 0.1) is 6.92 Å². The van der Waals surface area contributed by atoms with Gasteiger partial charge in [0, 0.05) is 43.3 Å². The van der Waals surface area contributed by atoms with Gasteiger partial charge in [-0.25, -0.2) is 9.98 Å². The molecule has 0 amide bonds. The Balaban J connectivity index is 1.23. The standard InChI is InChI=1S/C49H43N3OS/c1-34-27-28-35(29-30-37-17-8-5-9-24-44(37)53-34)33-51-49(43-23-14-26-46-47(43)42-22-10-11-25-45(42)54-46)52-48(50-2)41-21-13-20-40(32-41)39-19-12-18-38(31-39)36-15-6-3-4-7-16-36/h3,6,8,10-15,17-23,25-32H,2,4-5,7,9,16,24,33H2,1H3/b30-29?,34-27?,35-28?,51-49-,52-48-. The zero-order valence-electron chi connectivity index (χ0n) is 30.7. The van der Waals surface area contributed by atoms with Crippen LogP contribution in [0.25, 0.3) is 42.9 Å². The molecular weight excluding hydrogens is 679 g/mol. The van der Waals surface area contributed by atoms with Crippen LogP contribution in [0.5, 0.6) is 0 Å². The van der Waals surface area contributed by atoms with Gasteiger partial charge in [0.25, 0.3) is 0 Å². The molecule has 2 aliphatic rings. The van der Waals surface area contributed by atoms with Crippen LogP contribution < -0.4 is 0 Å². The van der Waals surface area contributed by atoms with Gasteiger partial charge in [-0.1, -0.05) is 115 Å². The molecule has 0 atom stereocenters. The molecule has 2 heterocycles. The van der Waals surface area contributed by atoms with Crippen molar-refractivity contribution in [2.45, 2.75) is 52.0 Å². The van der Waals surface area contributed by atoms with Gasteiger partial charge in [-0.3, -0.25) is 4.99 Å². The van der Waals surface area contributed by atoms with Crippen molar-refractivity contribution in [2.24, 2.45) is 15.0 Å². The maximum atomic E-state index is 6.29. The molecule has 2 aromatic heterocycles. The first-order valence-electron chi connectivity index (χ1n) is 18.8. The lowest BCUT2D eigenvalue weighted by atomic mass is 9.96. The highest BCUT2D eigenvalue weighted by Gasteiger charge is 2.16. The summed E-state index contributed by atoms with van der Waals surface area (Å²) in [4.78, 5) is 15.1. The number of aryl methyl sites for hydroxylation is 2. The smallest absolute Gasteiger partial charge is 0.161 e. The Labute approximate surface area is 321 Å². The second-order valence-electron chi connectivity index (χ2n) is 13.8. The number of allylic oxidation sites excluding steroid dienone is 5. The lowest BCUT2D eigenvalue weighted by molar-refractivity contribution is 0.464. The minimum Gasteiger partial charge on any atom is -0.466 e. The van der Waals surface area contributed by atoms with E-state index in [0.29, 0.717) is 18.2 Å². The van der Waals surface area contributed by atoms with E-state index in [4.69, 9.17) is 14.4 Å². The third-order valence-electron chi connectivity index (χ3n) is 10.0. The highest BCUT2D eigenvalue weighted by molar-refractivity contribution is 7.25. The molecule has 0 saturated heterocycles. The second-order valence-corrected chi connectivity index (χ2v) is 14.9. The summed E-state index contributed by atoms with van der Waals surface area (Å²) in [5, 5.41) is 2.35. The fourth-order valence-electron chi connectivity index (χ4n) is 7.25. The largest absolute Gasteiger partial charge is 0.466 e. The number of hydrogen-bond donors (Lipinski definition) is 0. The summed E-state index contributed by atoms with van der Waals surface area (Å²) in [7, 11) is 0. The number of thiophene rings is 1. The summed E-state index contributed by atoms with van der Waals surface area (Å²) in [6, 6.07) is 40.7. The SMILES string of the molecule is C=N/C(=N\C(=N/Cc1ccc(C)oc2c(cc1)C=CCCC2)c1cccc2sc3ccccc3c12)c1cccc(-c2cccc(C3=CC=CCCC3)c2)c1. The number of rotatable bonds is 6. The number of benzene rings is 4. The van der Waals surface area contributed by atoms with Crippen molar-refractivity contribution < 1.29 is 4.42 Å². The minimum atomic E-state index is 0.423. The third-order valence-corrected chi connectivity index (χ3v) is 11.2. The zero-order chi connectivity index (χ0) is 36.7. The number of fused-ring (bicyclic) bond motifs is 4.